The molecule has 0 fully saturated rings. The van der Waals surface area contributed by atoms with Crippen molar-refractivity contribution in [2.75, 3.05) is 19.7 Å². The second kappa shape index (κ2) is 18.6. The van der Waals surface area contributed by atoms with Crippen LogP contribution in [-0.2, 0) is 30.7 Å². The molecule has 0 aromatic heterocycles. The van der Waals surface area contributed by atoms with Crippen molar-refractivity contribution in [1.29, 1.82) is 0 Å². The maximum Gasteiger partial charge on any atom is 0.407 e. The molecule has 4 N–H and O–H groups in total. The summed E-state index contributed by atoms with van der Waals surface area (Å²) in [7, 11) is 0. The molecule has 0 aliphatic rings. The molecule has 0 aliphatic heterocycles. The molecule has 4 aromatic carbocycles. The van der Waals surface area contributed by atoms with Gasteiger partial charge in [0, 0.05) is 43.8 Å². The summed E-state index contributed by atoms with van der Waals surface area (Å²) >= 11 is 0. The Balaban J connectivity index is 1.37. The van der Waals surface area contributed by atoms with Crippen LogP contribution in [0, 0.1) is 0 Å². The number of rotatable bonds is 17. The zero-order valence-electron chi connectivity index (χ0n) is 28.6. The Kier molecular flexibility index (Phi) is 14.0. The standard InChI is InChI=1S/C40H50N4O4/c1-5-47-37-22-20-31(21-23-37)25-36(44-38(45)34-14-10-7-11-15-34)29-42-35(24-30-12-8-6-9-13-30)28-41-26-32-16-18-33(19-17-32)27-43-39(46)48-40(2,3)4/h6-23,35-36,41-42H,5,24-29H2,1-4H3,(H,43,46)(H,44,45). The number of hydrogen-bond donors (Lipinski definition) is 4. The van der Waals surface area contributed by atoms with Gasteiger partial charge in [0.2, 0.25) is 0 Å². The molecule has 8 nitrogen and oxygen atoms in total. The number of carbonyl (C=O) groups is 2. The first-order chi connectivity index (χ1) is 23.2. The van der Waals surface area contributed by atoms with Gasteiger partial charge in [-0.2, -0.15) is 0 Å². The fourth-order valence-corrected chi connectivity index (χ4v) is 5.28. The second-order valence-corrected chi connectivity index (χ2v) is 12.9. The van der Waals surface area contributed by atoms with Gasteiger partial charge in [-0.25, -0.2) is 4.79 Å². The van der Waals surface area contributed by atoms with Crippen LogP contribution < -0.4 is 26.0 Å². The zero-order chi connectivity index (χ0) is 34.2. The molecule has 0 heterocycles. The van der Waals surface area contributed by atoms with Crippen molar-refractivity contribution >= 4 is 12.0 Å². The molecule has 254 valence electrons. The van der Waals surface area contributed by atoms with Crippen LogP contribution in [0.2, 0.25) is 0 Å². The number of alkyl carbamates (subject to hydrolysis) is 1. The van der Waals surface area contributed by atoms with Gasteiger partial charge in [0.05, 0.1) is 6.61 Å². The van der Waals surface area contributed by atoms with E-state index in [-0.39, 0.29) is 18.0 Å². The molecule has 0 spiro atoms. The van der Waals surface area contributed by atoms with E-state index in [9.17, 15) is 9.59 Å². The van der Waals surface area contributed by atoms with Crippen molar-refractivity contribution in [2.45, 2.75) is 71.3 Å². The third-order valence-electron chi connectivity index (χ3n) is 7.64. The van der Waals surface area contributed by atoms with Crippen LogP contribution in [0.1, 0.15) is 60.3 Å². The Morgan fingerprint density at radius 2 is 1.23 bits per heavy atom. The van der Waals surface area contributed by atoms with Crippen molar-refractivity contribution in [3.05, 3.63) is 137 Å². The lowest BCUT2D eigenvalue weighted by atomic mass is 10.0. The minimum atomic E-state index is -0.528. The molecule has 48 heavy (non-hydrogen) atoms. The van der Waals surface area contributed by atoms with Crippen LogP contribution in [0.3, 0.4) is 0 Å². The molecular formula is C40H50N4O4. The molecule has 2 unspecified atom stereocenters. The third kappa shape index (κ3) is 13.2. The number of ether oxygens (including phenoxy) is 2. The fraction of sp³-hybridized carbons (Fsp3) is 0.350. The highest BCUT2D eigenvalue weighted by molar-refractivity contribution is 5.94. The largest absolute Gasteiger partial charge is 0.494 e. The number of hydrogen-bond acceptors (Lipinski definition) is 6. The van der Waals surface area contributed by atoms with Gasteiger partial charge >= 0.3 is 6.09 Å². The average molecular weight is 651 g/mol. The molecule has 2 amide bonds. The van der Waals surface area contributed by atoms with Gasteiger partial charge in [-0.1, -0.05) is 84.9 Å². The molecule has 0 radical (unpaired) electrons. The molecular weight excluding hydrogens is 600 g/mol. The Morgan fingerprint density at radius 3 is 1.85 bits per heavy atom. The van der Waals surface area contributed by atoms with Crippen molar-refractivity contribution in [3.63, 3.8) is 0 Å². The second-order valence-electron chi connectivity index (χ2n) is 12.9. The Labute approximate surface area is 285 Å². The molecule has 0 saturated heterocycles. The van der Waals surface area contributed by atoms with E-state index in [2.05, 4.69) is 69.8 Å². The summed E-state index contributed by atoms with van der Waals surface area (Å²) < 4.78 is 10.9. The van der Waals surface area contributed by atoms with Gasteiger partial charge < -0.3 is 30.7 Å². The van der Waals surface area contributed by atoms with E-state index >= 15 is 0 Å². The maximum atomic E-state index is 13.2. The van der Waals surface area contributed by atoms with Crippen molar-refractivity contribution in [1.82, 2.24) is 21.3 Å². The highest BCUT2D eigenvalue weighted by Crippen LogP contribution is 2.14. The molecule has 0 aliphatic carbocycles. The van der Waals surface area contributed by atoms with E-state index in [1.54, 1.807) is 0 Å². The summed E-state index contributed by atoms with van der Waals surface area (Å²) in [5.74, 6) is 0.751. The Bertz CT molecular complexity index is 1520. The highest BCUT2D eigenvalue weighted by atomic mass is 16.6. The van der Waals surface area contributed by atoms with Crippen molar-refractivity contribution in [3.8, 4) is 5.75 Å². The summed E-state index contributed by atoms with van der Waals surface area (Å²) in [6.07, 6.45) is 1.09. The van der Waals surface area contributed by atoms with Gasteiger partial charge in [0.25, 0.3) is 5.91 Å². The van der Waals surface area contributed by atoms with E-state index in [0.717, 1.165) is 35.4 Å². The van der Waals surface area contributed by atoms with Crippen LogP contribution in [0.4, 0.5) is 4.79 Å². The molecule has 8 heteroatoms. The van der Waals surface area contributed by atoms with Crippen LogP contribution in [-0.4, -0.2) is 49.4 Å². The van der Waals surface area contributed by atoms with Crippen LogP contribution in [0.25, 0.3) is 0 Å². The average Bonchev–Trinajstić information content (AvgIpc) is 3.07. The number of benzene rings is 4. The first-order valence-corrected chi connectivity index (χ1v) is 16.8. The predicted molar refractivity (Wildman–Crippen MR) is 192 cm³/mol. The maximum absolute atomic E-state index is 13.2. The third-order valence-corrected chi connectivity index (χ3v) is 7.64. The van der Waals surface area contributed by atoms with Gasteiger partial charge in [0.1, 0.15) is 11.4 Å². The summed E-state index contributed by atoms with van der Waals surface area (Å²) in [4.78, 5) is 25.2. The lowest BCUT2D eigenvalue weighted by molar-refractivity contribution is 0.0523. The van der Waals surface area contributed by atoms with E-state index in [4.69, 9.17) is 9.47 Å². The minimum Gasteiger partial charge on any atom is -0.494 e. The minimum absolute atomic E-state index is 0.0872. The molecule has 0 saturated carbocycles. The van der Waals surface area contributed by atoms with E-state index in [0.29, 0.717) is 38.2 Å². The van der Waals surface area contributed by atoms with Crippen LogP contribution in [0.15, 0.2) is 109 Å². The lowest BCUT2D eigenvalue weighted by Gasteiger charge is -2.25. The van der Waals surface area contributed by atoms with E-state index < -0.39 is 11.7 Å². The van der Waals surface area contributed by atoms with E-state index in [1.165, 1.54) is 5.56 Å². The smallest absolute Gasteiger partial charge is 0.407 e. The normalized spacial score (nSPS) is 12.5. The molecule has 2 atom stereocenters. The molecule has 4 aromatic rings. The van der Waals surface area contributed by atoms with Crippen LogP contribution >= 0.6 is 0 Å². The topological polar surface area (TPSA) is 101 Å². The summed E-state index contributed by atoms with van der Waals surface area (Å²) in [5.41, 5.74) is 4.64. The summed E-state index contributed by atoms with van der Waals surface area (Å²) in [6.45, 7) is 10.6. The van der Waals surface area contributed by atoms with Crippen LogP contribution in [0.5, 0.6) is 5.75 Å². The number of nitrogens with one attached hydrogen (secondary N) is 4. The van der Waals surface area contributed by atoms with Crippen molar-refractivity contribution < 1.29 is 19.1 Å². The SMILES string of the molecule is CCOc1ccc(CC(CNC(CNCc2ccc(CNC(=O)OC(C)(C)C)cc2)Cc2ccccc2)NC(=O)c2ccccc2)cc1. The predicted octanol–water partition coefficient (Wildman–Crippen LogP) is 6.44. The highest BCUT2D eigenvalue weighted by Gasteiger charge is 2.18. The lowest BCUT2D eigenvalue weighted by Crippen LogP contribution is -2.49. The number of carbonyl (C=O) groups excluding carboxylic acids is 2. The fourth-order valence-electron chi connectivity index (χ4n) is 5.28. The van der Waals surface area contributed by atoms with Crippen molar-refractivity contribution in [2.24, 2.45) is 0 Å². The van der Waals surface area contributed by atoms with Gasteiger partial charge in [0.15, 0.2) is 0 Å². The Morgan fingerprint density at radius 1 is 0.667 bits per heavy atom. The van der Waals surface area contributed by atoms with Gasteiger partial charge in [-0.3, -0.25) is 4.79 Å². The molecule has 0 bridgehead atoms. The monoisotopic (exact) mass is 650 g/mol. The first kappa shape index (κ1) is 36.2. The van der Waals surface area contributed by atoms with E-state index in [1.807, 2.05) is 88.4 Å². The zero-order valence-corrected chi connectivity index (χ0v) is 28.6. The summed E-state index contributed by atoms with van der Waals surface area (Å²) in [5, 5.41) is 13.5. The molecule has 4 rings (SSSR count). The first-order valence-electron chi connectivity index (χ1n) is 16.8. The van der Waals surface area contributed by atoms with Gasteiger partial charge in [-0.15, -0.1) is 0 Å². The summed E-state index contributed by atoms with van der Waals surface area (Å²) in [6, 6.07) is 36.1. The quantitative estimate of drug-likeness (QED) is 0.105. The number of amides is 2. The Hall–Kier alpha value is -4.66. The van der Waals surface area contributed by atoms with Gasteiger partial charge in [-0.05, 0) is 87.1 Å².